The Morgan fingerprint density at radius 3 is 1.33 bits per heavy atom. The Morgan fingerprint density at radius 1 is 0.571 bits per heavy atom. The van der Waals surface area contributed by atoms with Gasteiger partial charge in [0.1, 0.15) is 0 Å². The maximum absolute atomic E-state index is 3.28. The molecule has 0 aromatic heterocycles. The van der Waals surface area contributed by atoms with Crippen LogP contribution in [0.4, 0.5) is 0 Å². The van der Waals surface area contributed by atoms with E-state index in [9.17, 15) is 0 Å². The van der Waals surface area contributed by atoms with Crippen LogP contribution in [0.2, 0.25) is 0 Å². The summed E-state index contributed by atoms with van der Waals surface area (Å²) in [6.45, 7) is 7.73. The lowest BCUT2D eigenvalue weighted by atomic mass is 10.0. The average Bonchev–Trinajstić information content (AvgIpc) is 2.46. The van der Waals surface area contributed by atoms with Crippen LogP contribution in [-0.2, 0) is 0 Å². The van der Waals surface area contributed by atoms with Gasteiger partial charge in [0.25, 0.3) is 0 Å². The summed E-state index contributed by atoms with van der Waals surface area (Å²) in [6.07, 6.45) is 20.0. The molecule has 0 saturated heterocycles. The first kappa shape index (κ1) is 20.9. The number of hydrogen-bond acceptors (Lipinski definition) is 2. The van der Waals surface area contributed by atoms with Gasteiger partial charge < -0.3 is 0 Å². The zero-order chi connectivity index (χ0) is 15.6. The molecule has 2 N–H and O–H groups in total. The van der Waals surface area contributed by atoms with E-state index in [1.54, 1.807) is 0 Å². The number of hydrazine groups is 1. The predicted octanol–water partition coefficient (Wildman–Crippen LogP) is 5.97. The number of hydrogen-bond donors (Lipinski definition) is 2. The van der Waals surface area contributed by atoms with E-state index in [1.165, 1.54) is 89.9 Å². The molecule has 0 radical (unpaired) electrons. The van der Waals surface area contributed by atoms with Crippen LogP contribution in [0.5, 0.6) is 0 Å². The summed E-state index contributed by atoms with van der Waals surface area (Å²) in [5.41, 5.74) is 6.52. The van der Waals surface area contributed by atoms with Gasteiger partial charge in [-0.1, -0.05) is 90.4 Å². The highest BCUT2D eigenvalue weighted by atomic mass is 15.4. The number of nitrogens with one attached hydrogen (secondary N) is 2. The van der Waals surface area contributed by atoms with Crippen molar-refractivity contribution in [1.29, 1.82) is 0 Å². The topological polar surface area (TPSA) is 24.1 Å². The zero-order valence-corrected chi connectivity index (χ0v) is 15.2. The first-order chi connectivity index (χ1) is 10.3. The molecule has 21 heavy (non-hydrogen) atoms. The molecule has 0 aromatic rings. The lowest BCUT2D eigenvalue weighted by molar-refractivity contribution is 0.455. The van der Waals surface area contributed by atoms with Gasteiger partial charge in [-0.3, -0.25) is 10.9 Å². The Labute approximate surface area is 134 Å². The van der Waals surface area contributed by atoms with E-state index in [0.717, 1.165) is 6.54 Å². The van der Waals surface area contributed by atoms with Crippen molar-refractivity contribution >= 4 is 0 Å². The van der Waals surface area contributed by atoms with Gasteiger partial charge in [-0.05, 0) is 20.3 Å². The van der Waals surface area contributed by atoms with E-state index in [1.807, 2.05) is 0 Å². The molecule has 0 heterocycles. The summed E-state index contributed by atoms with van der Waals surface area (Å²) in [5.74, 6) is 0. The minimum atomic E-state index is 0.539. The fourth-order valence-electron chi connectivity index (χ4n) is 2.68. The van der Waals surface area contributed by atoms with Gasteiger partial charge in [0.2, 0.25) is 0 Å². The van der Waals surface area contributed by atoms with Crippen LogP contribution in [0.15, 0.2) is 0 Å². The summed E-state index contributed by atoms with van der Waals surface area (Å²) >= 11 is 0. The van der Waals surface area contributed by atoms with E-state index in [2.05, 4.69) is 31.6 Å². The van der Waals surface area contributed by atoms with Crippen LogP contribution >= 0.6 is 0 Å². The van der Waals surface area contributed by atoms with Crippen molar-refractivity contribution in [3.05, 3.63) is 0 Å². The monoisotopic (exact) mass is 298 g/mol. The van der Waals surface area contributed by atoms with Gasteiger partial charge in [0.15, 0.2) is 0 Å². The van der Waals surface area contributed by atoms with Crippen LogP contribution in [0.25, 0.3) is 0 Å². The van der Waals surface area contributed by atoms with Crippen molar-refractivity contribution in [2.45, 2.75) is 117 Å². The van der Waals surface area contributed by atoms with Gasteiger partial charge in [-0.25, -0.2) is 0 Å². The Morgan fingerprint density at radius 2 is 0.952 bits per heavy atom. The molecule has 0 unspecified atom stereocenters. The summed E-state index contributed by atoms with van der Waals surface area (Å²) < 4.78 is 0. The summed E-state index contributed by atoms with van der Waals surface area (Å²) in [6, 6.07) is 0.539. The van der Waals surface area contributed by atoms with E-state index in [0.29, 0.717) is 6.04 Å². The molecule has 0 atom stereocenters. The van der Waals surface area contributed by atoms with Gasteiger partial charge in [0.05, 0.1) is 0 Å². The molecule has 0 amide bonds. The highest BCUT2D eigenvalue weighted by Crippen LogP contribution is 2.12. The Balaban J connectivity index is 2.93. The van der Waals surface area contributed by atoms with Crippen molar-refractivity contribution in [3.63, 3.8) is 0 Å². The van der Waals surface area contributed by atoms with E-state index >= 15 is 0 Å². The predicted molar refractivity (Wildman–Crippen MR) is 96.6 cm³/mol. The average molecular weight is 299 g/mol. The van der Waals surface area contributed by atoms with Gasteiger partial charge in [-0.2, -0.15) is 0 Å². The van der Waals surface area contributed by atoms with Crippen LogP contribution in [0.3, 0.4) is 0 Å². The third-order valence-corrected chi connectivity index (χ3v) is 4.05. The molecular formula is C19H42N2. The molecule has 2 heteroatoms. The van der Waals surface area contributed by atoms with E-state index in [4.69, 9.17) is 0 Å². The summed E-state index contributed by atoms with van der Waals surface area (Å²) in [5, 5.41) is 0. The quantitative estimate of drug-likeness (QED) is 0.255. The van der Waals surface area contributed by atoms with Crippen molar-refractivity contribution in [1.82, 2.24) is 10.9 Å². The molecule has 2 nitrogen and oxygen atoms in total. The van der Waals surface area contributed by atoms with Crippen LogP contribution in [0, 0.1) is 0 Å². The Kier molecular flexibility index (Phi) is 17.9. The van der Waals surface area contributed by atoms with Crippen molar-refractivity contribution in [2.75, 3.05) is 6.54 Å². The molecule has 0 rings (SSSR count). The van der Waals surface area contributed by atoms with Crippen molar-refractivity contribution < 1.29 is 0 Å². The smallest absolute Gasteiger partial charge is 0.0156 e. The van der Waals surface area contributed by atoms with Crippen LogP contribution in [-0.4, -0.2) is 12.6 Å². The molecule has 128 valence electrons. The lowest BCUT2D eigenvalue weighted by Gasteiger charge is -2.09. The minimum Gasteiger partial charge on any atom is -0.258 e. The summed E-state index contributed by atoms with van der Waals surface area (Å²) in [4.78, 5) is 0. The molecule has 0 spiro atoms. The first-order valence-electron chi connectivity index (χ1n) is 9.75. The molecule has 0 aromatic carbocycles. The van der Waals surface area contributed by atoms with E-state index < -0.39 is 0 Å². The fourth-order valence-corrected chi connectivity index (χ4v) is 2.68. The third-order valence-electron chi connectivity index (χ3n) is 4.05. The van der Waals surface area contributed by atoms with Crippen LogP contribution in [0.1, 0.15) is 111 Å². The minimum absolute atomic E-state index is 0.539. The normalized spacial score (nSPS) is 11.4. The van der Waals surface area contributed by atoms with Gasteiger partial charge >= 0.3 is 0 Å². The fraction of sp³-hybridized carbons (Fsp3) is 1.00. The van der Waals surface area contributed by atoms with Gasteiger partial charge in [-0.15, -0.1) is 0 Å². The molecule has 0 aliphatic heterocycles. The second kappa shape index (κ2) is 18.0. The molecule has 0 aliphatic rings. The summed E-state index contributed by atoms with van der Waals surface area (Å²) in [7, 11) is 0. The molecule has 0 bridgehead atoms. The highest BCUT2D eigenvalue weighted by molar-refractivity contribution is 4.51. The second-order valence-electron chi connectivity index (χ2n) is 6.82. The van der Waals surface area contributed by atoms with Crippen molar-refractivity contribution in [3.8, 4) is 0 Å². The Hall–Kier alpha value is -0.0800. The highest BCUT2D eigenvalue weighted by Gasteiger charge is 1.94. The maximum atomic E-state index is 3.28. The van der Waals surface area contributed by atoms with E-state index in [-0.39, 0.29) is 0 Å². The standard InChI is InChI=1S/C19H42N2/c1-4-5-6-7-8-9-10-11-12-13-14-15-16-17-18-20-21-19(2)3/h19-21H,4-18H2,1-3H3. The molecule has 0 saturated carbocycles. The zero-order valence-electron chi connectivity index (χ0n) is 15.2. The number of unbranched alkanes of at least 4 members (excludes halogenated alkanes) is 13. The first-order valence-corrected chi connectivity index (χ1v) is 9.75. The number of rotatable bonds is 17. The molecular weight excluding hydrogens is 256 g/mol. The molecule has 0 fully saturated rings. The largest absolute Gasteiger partial charge is 0.258 e. The lowest BCUT2D eigenvalue weighted by Crippen LogP contribution is -2.37. The Bertz CT molecular complexity index is 180. The SMILES string of the molecule is CCCCCCCCCCCCCCCCNNC(C)C. The van der Waals surface area contributed by atoms with Gasteiger partial charge in [0, 0.05) is 12.6 Å². The third kappa shape index (κ3) is 19.9. The van der Waals surface area contributed by atoms with Crippen LogP contribution < -0.4 is 10.9 Å². The van der Waals surface area contributed by atoms with Crippen molar-refractivity contribution in [2.24, 2.45) is 0 Å². The molecule has 0 aliphatic carbocycles. The maximum Gasteiger partial charge on any atom is 0.0156 e. The second-order valence-corrected chi connectivity index (χ2v) is 6.82.